The number of hydrogen-bond acceptors (Lipinski definition) is 8. The van der Waals surface area contributed by atoms with Crippen LogP contribution in [0.2, 0.25) is 0 Å². The molecule has 38 heavy (non-hydrogen) atoms. The number of hydrogen-bond donors (Lipinski definition) is 0. The summed E-state index contributed by atoms with van der Waals surface area (Å²) in [5.74, 6) is 0.277. The van der Waals surface area contributed by atoms with Crippen LogP contribution in [-0.4, -0.2) is 56.2 Å². The van der Waals surface area contributed by atoms with Crippen LogP contribution in [0, 0.1) is 0 Å². The molecule has 202 valence electrons. The van der Waals surface area contributed by atoms with Crippen LogP contribution in [0.25, 0.3) is 10.2 Å². The Labute approximate surface area is 224 Å². The molecule has 0 N–H and O–H groups in total. The summed E-state index contributed by atoms with van der Waals surface area (Å²) in [7, 11) is -0.718. The predicted molar refractivity (Wildman–Crippen MR) is 141 cm³/mol. The first kappa shape index (κ1) is 26.4. The number of amides is 1. The van der Waals surface area contributed by atoms with Crippen molar-refractivity contribution in [2.45, 2.75) is 56.0 Å². The largest absolute Gasteiger partial charge is 0.469 e. The molecule has 12 heteroatoms. The number of carbonyl (C=O) groups is 2. The number of ether oxygens (including phenoxy) is 3. The molecule has 0 saturated heterocycles. The van der Waals surface area contributed by atoms with Crippen LogP contribution in [0.5, 0.6) is 11.5 Å². The number of sulfonamides is 1. The van der Waals surface area contributed by atoms with Gasteiger partial charge in [-0.25, -0.2) is 8.42 Å². The Kier molecular flexibility index (Phi) is 7.55. The van der Waals surface area contributed by atoms with Gasteiger partial charge in [-0.2, -0.15) is 9.30 Å². The van der Waals surface area contributed by atoms with Gasteiger partial charge in [0.15, 0.2) is 16.3 Å². The first-order valence-electron chi connectivity index (χ1n) is 12.4. The third kappa shape index (κ3) is 5.20. The first-order chi connectivity index (χ1) is 18.3. The second kappa shape index (κ2) is 10.9. The van der Waals surface area contributed by atoms with E-state index < -0.39 is 15.9 Å². The van der Waals surface area contributed by atoms with Gasteiger partial charge < -0.3 is 18.8 Å². The average molecular weight is 560 g/mol. The van der Waals surface area contributed by atoms with E-state index in [0.717, 1.165) is 42.3 Å². The van der Waals surface area contributed by atoms with E-state index in [9.17, 15) is 18.0 Å². The van der Waals surface area contributed by atoms with Crippen LogP contribution < -0.4 is 14.3 Å². The molecule has 0 atom stereocenters. The van der Waals surface area contributed by atoms with Crippen LogP contribution in [-0.2, 0) is 26.1 Å². The summed E-state index contributed by atoms with van der Waals surface area (Å²) in [6.45, 7) is 0.385. The van der Waals surface area contributed by atoms with E-state index in [1.54, 1.807) is 17.7 Å². The number of rotatable bonds is 7. The maximum atomic E-state index is 13.1. The van der Waals surface area contributed by atoms with E-state index >= 15 is 0 Å². The van der Waals surface area contributed by atoms with Crippen molar-refractivity contribution in [3.8, 4) is 11.5 Å². The van der Waals surface area contributed by atoms with Gasteiger partial charge in [0.25, 0.3) is 5.91 Å². The highest BCUT2D eigenvalue weighted by atomic mass is 32.2. The maximum Gasteiger partial charge on any atom is 0.307 e. The molecule has 10 nitrogen and oxygen atoms in total. The number of fused-ring (bicyclic) bond motifs is 2. The molecule has 5 rings (SSSR count). The molecule has 0 bridgehead atoms. The zero-order chi connectivity index (χ0) is 26.9. The summed E-state index contributed by atoms with van der Waals surface area (Å²) >= 11 is 1.28. The lowest BCUT2D eigenvalue weighted by Crippen LogP contribution is -2.38. The van der Waals surface area contributed by atoms with E-state index in [1.807, 2.05) is 6.07 Å². The Bertz CT molecular complexity index is 1540. The van der Waals surface area contributed by atoms with Crippen molar-refractivity contribution in [1.29, 1.82) is 0 Å². The van der Waals surface area contributed by atoms with Crippen molar-refractivity contribution in [2.24, 2.45) is 4.99 Å². The first-order valence-corrected chi connectivity index (χ1v) is 14.7. The van der Waals surface area contributed by atoms with E-state index in [1.165, 1.54) is 47.0 Å². The van der Waals surface area contributed by atoms with Gasteiger partial charge in [0.05, 0.1) is 28.6 Å². The lowest BCUT2D eigenvalue weighted by atomic mass is 9.96. The Hall–Kier alpha value is -3.22. The Morgan fingerprint density at radius 2 is 1.79 bits per heavy atom. The molecule has 2 heterocycles. The van der Waals surface area contributed by atoms with Gasteiger partial charge in [0.2, 0.25) is 16.8 Å². The number of aromatic nitrogens is 1. The molecule has 1 saturated carbocycles. The Morgan fingerprint density at radius 1 is 1.11 bits per heavy atom. The molecule has 2 aromatic carbocycles. The molecule has 1 aliphatic heterocycles. The number of carbonyl (C=O) groups excluding carboxylic acids is 2. The number of aryl methyl sites for hydroxylation is 1. The molecule has 1 amide bonds. The Balaban J connectivity index is 1.44. The lowest BCUT2D eigenvalue weighted by Gasteiger charge is -2.30. The summed E-state index contributed by atoms with van der Waals surface area (Å²) in [6, 6.07) is 9.49. The third-order valence-electron chi connectivity index (χ3n) is 7.01. The zero-order valence-electron chi connectivity index (χ0n) is 21.2. The Morgan fingerprint density at radius 3 is 2.47 bits per heavy atom. The van der Waals surface area contributed by atoms with Crippen LogP contribution >= 0.6 is 11.3 Å². The standard InChI is InChI=1S/C26H29N3O7S2/c1-28(18-6-4-3-5-7-18)38(32,33)19-10-8-17(9-11-19)25(31)27-26-29(13-12-24(30)34-2)20-14-21-22(36-16-35-21)15-23(20)37-26/h8-11,14-15,18H,3-7,12-13,16H2,1-2H3. The molecular formula is C26H29N3O7S2. The zero-order valence-corrected chi connectivity index (χ0v) is 22.8. The second-order valence-electron chi connectivity index (χ2n) is 9.29. The fourth-order valence-corrected chi connectivity index (χ4v) is 7.27. The van der Waals surface area contributed by atoms with E-state index in [0.29, 0.717) is 16.3 Å². The quantitative estimate of drug-likeness (QED) is 0.405. The van der Waals surface area contributed by atoms with Gasteiger partial charge in [-0.15, -0.1) is 0 Å². The number of thiazole rings is 1. The lowest BCUT2D eigenvalue weighted by molar-refractivity contribution is -0.140. The molecule has 0 radical (unpaired) electrons. The van der Waals surface area contributed by atoms with E-state index in [-0.39, 0.29) is 42.2 Å². The fraction of sp³-hybridized carbons (Fsp3) is 0.423. The van der Waals surface area contributed by atoms with Gasteiger partial charge in [-0.05, 0) is 37.1 Å². The molecule has 1 fully saturated rings. The van der Waals surface area contributed by atoms with Crippen LogP contribution in [0.4, 0.5) is 0 Å². The summed E-state index contributed by atoms with van der Waals surface area (Å²) in [5.41, 5.74) is 1.01. The number of methoxy groups -OCH3 is 1. The molecule has 0 spiro atoms. The van der Waals surface area contributed by atoms with Gasteiger partial charge >= 0.3 is 5.97 Å². The molecule has 1 aliphatic carbocycles. The van der Waals surface area contributed by atoms with Crippen molar-refractivity contribution in [3.05, 3.63) is 46.8 Å². The molecule has 0 unspecified atom stereocenters. The topological polar surface area (TPSA) is 117 Å². The number of benzene rings is 2. The van der Waals surface area contributed by atoms with Crippen LogP contribution in [0.1, 0.15) is 48.9 Å². The van der Waals surface area contributed by atoms with Gasteiger partial charge in [0.1, 0.15) is 0 Å². The summed E-state index contributed by atoms with van der Waals surface area (Å²) < 4.78 is 46.1. The van der Waals surface area contributed by atoms with Crippen molar-refractivity contribution >= 4 is 43.5 Å². The SMILES string of the molecule is COC(=O)CCn1c(=NC(=O)c2ccc(S(=O)(=O)N(C)C3CCCCC3)cc2)sc2cc3c(cc21)OCO3. The number of nitrogens with zero attached hydrogens (tertiary/aromatic N) is 3. The summed E-state index contributed by atoms with van der Waals surface area (Å²) in [4.78, 5) is 29.8. The normalized spacial score (nSPS) is 16.3. The summed E-state index contributed by atoms with van der Waals surface area (Å²) in [6.07, 6.45) is 5.00. The second-order valence-corrected chi connectivity index (χ2v) is 12.3. The highest BCUT2D eigenvalue weighted by Gasteiger charge is 2.29. The van der Waals surface area contributed by atoms with E-state index in [2.05, 4.69) is 4.99 Å². The smallest absolute Gasteiger partial charge is 0.307 e. The molecule has 2 aliphatic rings. The maximum absolute atomic E-state index is 13.1. The highest BCUT2D eigenvalue weighted by molar-refractivity contribution is 7.89. The van der Waals surface area contributed by atoms with Crippen LogP contribution in [0.15, 0.2) is 46.3 Å². The van der Waals surface area contributed by atoms with Crippen LogP contribution in [0.3, 0.4) is 0 Å². The van der Waals surface area contributed by atoms with Crippen molar-refractivity contribution in [2.75, 3.05) is 21.0 Å². The fourth-order valence-electron chi connectivity index (χ4n) is 4.79. The minimum Gasteiger partial charge on any atom is -0.469 e. The monoisotopic (exact) mass is 559 g/mol. The molecular weight excluding hydrogens is 530 g/mol. The van der Waals surface area contributed by atoms with Gasteiger partial charge in [-0.1, -0.05) is 30.6 Å². The highest BCUT2D eigenvalue weighted by Crippen LogP contribution is 2.37. The van der Waals surface area contributed by atoms with Gasteiger partial charge in [0, 0.05) is 37.3 Å². The van der Waals surface area contributed by atoms with Gasteiger partial charge in [-0.3, -0.25) is 9.59 Å². The van der Waals surface area contributed by atoms with Crippen molar-refractivity contribution < 1.29 is 32.2 Å². The average Bonchev–Trinajstić information content (AvgIpc) is 3.53. The van der Waals surface area contributed by atoms with Crippen molar-refractivity contribution in [3.63, 3.8) is 0 Å². The minimum atomic E-state index is -3.67. The summed E-state index contributed by atoms with van der Waals surface area (Å²) in [5, 5.41) is 0. The molecule has 3 aromatic rings. The predicted octanol–water partition coefficient (Wildman–Crippen LogP) is 3.69. The van der Waals surface area contributed by atoms with Crippen molar-refractivity contribution in [1.82, 2.24) is 8.87 Å². The molecule has 1 aromatic heterocycles. The van der Waals surface area contributed by atoms with E-state index in [4.69, 9.17) is 14.2 Å². The third-order valence-corrected chi connectivity index (χ3v) is 9.97. The minimum absolute atomic E-state index is 0.00405. The number of esters is 1.